The first-order valence-electron chi connectivity index (χ1n) is 4.94. The second-order valence-corrected chi connectivity index (χ2v) is 3.28. The molecule has 5 N–H and O–H groups in total. The Labute approximate surface area is 97.2 Å². The van der Waals surface area contributed by atoms with Crippen molar-refractivity contribution in [3.63, 3.8) is 0 Å². The number of nitrogens with two attached hydrogens (primary N) is 2. The molecule has 1 heterocycles. The van der Waals surface area contributed by atoms with Gasteiger partial charge in [-0.25, -0.2) is 4.98 Å². The van der Waals surface area contributed by atoms with Crippen molar-refractivity contribution in [2.24, 2.45) is 11.5 Å². The molecule has 0 fully saturated rings. The molecule has 0 aliphatic rings. The van der Waals surface area contributed by atoms with E-state index < -0.39 is 10.8 Å². The quantitative estimate of drug-likeness (QED) is 0.358. The van der Waals surface area contributed by atoms with Gasteiger partial charge in [-0.15, -0.1) is 0 Å². The number of rotatable bonds is 6. The first-order chi connectivity index (χ1) is 8.06. The Morgan fingerprint density at radius 3 is 2.82 bits per heavy atom. The van der Waals surface area contributed by atoms with Crippen LogP contribution in [-0.4, -0.2) is 28.9 Å². The zero-order chi connectivity index (χ0) is 12.8. The number of nitro groups is 1. The van der Waals surface area contributed by atoms with E-state index in [-0.39, 0.29) is 17.1 Å². The van der Waals surface area contributed by atoms with Gasteiger partial charge >= 0.3 is 0 Å². The summed E-state index contributed by atoms with van der Waals surface area (Å²) in [6.45, 7) is 1.01. The van der Waals surface area contributed by atoms with Gasteiger partial charge in [0.25, 0.3) is 11.6 Å². The van der Waals surface area contributed by atoms with Gasteiger partial charge in [-0.05, 0) is 13.0 Å². The zero-order valence-corrected chi connectivity index (χ0v) is 9.05. The lowest BCUT2D eigenvalue weighted by Gasteiger charge is -2.07. The summed E-state index contributed by atoms with van der Waals surface area (Å²) in [4.78, 5) is 24.8. The molecule has 92 valence electrons. The number of hydrogen-bond donors (Lipinski definition) is 3. The zero-order valence-electron chi connectivity index (χ0n) is 9.05. The Balaban J connectivity index is 2.96. The summed E-state index contributed by atoms with van der Waals surface area (Å²) in [6, 6.07) is 1.10. The average Bonchev–Trinajstić information content (AvgIpc) is 2.29. The first kappa shape index (κ1) is 12.8. The number of pyridine rings is 1. The van der Waals surface area contributed by atoms with Gasteiger partial charge in [-0.1, -0.05) is 0 Å². The fraction of sp³-hybridized carbons (Fsp3) is 0.333. The third-order valence-corrected chi connectivity index (χ3v) is 2.02. The minimum atomic E-state index is -0.767. The maximum absolute atomic E-state index is 11.1. The van der Waals surface area contributed by atoms with Crippen molar-refractivity contribution >= 4 is 17.4 Å². The molecule has 0 saturated carbocycles. The van der Waals surface area contributed by atoms with Crippen LogP contribution in [0.1, 0.15) is 16.8 Å². The summed E-state index contributed by atoms with van der Waals surface area (Å²) in [5, 5.41) is 13.4. The van der Waals surface area contributed by atoms with Gasteiger partial charge in [0.15, 0.2) is 0 Å². The number of nitrogens with zero attached hydrogens (tertiary/aromatic N) is 2. The third kappa shape index (κ3) is 3.38. The van der Waals surface area contributed by atoms with E-state index >= 15 is 0 Å². The van der Waals surface area contributed by atoms with Crippen LogP contribution >= 0.6 is 0 Å². The molecule has 0 aliphatic heterocycles. The highest BCUT2D eigenvalue weighted by molar-refractivity contribution is 5.98. The van der Waals surface area contributed by atoms with Crippen LogP contribution in [0.5, 0.6) is 0 Å². The van der Waals surface area contributed by atoms with Gasteiger partial charge in [0.05, 0.1) is 10.5 Å². The first-order valence-corrected chi connectivity index (χ1v) is 4.94. The van der Waals surface area contributed by atoms with E-state index in [1.54, 1.807) is 0 Å². The smallest absolute Gasteiger partial charge is 0.288 e. The van der Waals surface area contributed by atoms with Crippen molar-refractivity contribution in [1.82, 2.24) is 4.98 Å². The minimum Gasteiger partial charge on any atom is -0.369 e. The SMILES string of the molecule is NCCCNc1ncc([N+](=O)[O-])cc1C(N)=O. The fourth-order valence-corrected chi connectivity index (χ4v) is 1.19. The molecule has 17 heavy (non-hydrogen) atoms. The predicted octanol–water partition coefficient (Wildman–Crippen LogP) is -0.151. The lowest BCUT2D eigenvalue weighted by molar-refractivity contribution is -0.385. The summed E-state index contributed by atoms with van der Waals surface area (Å²) in [7, 11) is 0. The largest absolute Gasteiger partial charge is 0.369 e. The number of hydrogen-bond acceptors (Lipinski definition) is 6. The maximum atomic E-state index is 11.1. The highest BCUT2D eigenvalue weighted by Crippen LogP contribution is 2.18. The molecule has 0 unspecified atom stereocenters. The standard InChI is InChI=1S/C9H13N5O3/c10-2-1-3-12-9-7(8(11)15)4-6(5-13-9)14(16)17/h4-5H,1-3,10H2,(H2,11,15)(H,12,13). The maximum Gasteiger partial charge on any atom is 0.288 e. The molecule has 1 amide bonds. The summed E-state index contributed by atoms with van der Waals surface area (Å²) in [5.41, 5.74) is 10.2. The summed E-state index contributed by atoms with van der Waals surface area (Å²) in [5.74, 6) is -0.534. The molecular formula is C9H13N5O3. The molecule has 0 aliphatic carbocycles. The molecule has 0 spiro atoms. The van der Waals surface area contributed by atoms with Crippen molar-refractivity contribution in [3.05, 3.63) is 27.9 Å². The lowest BCUT2D eigenvalue weighted by Crippen LogP contribution is -2.17. The van der Waals surface area contributed by atoms with Gasteiger partial charge < -0.3 is 16.8 Å². The highest BCUT2D eigenvalue weighted by atomic mass is 16.6. The van der Waals surface area contributed by atoms with Crippen LogP contribution in [0.15, 0.2) is 12.3 Å². The number of carbonyl (C=O) groups is 1. The fourth-order valence-electron chi connectivity index (χ4n) is 1.19. The van der Waals surface area contributed by atoms with Crippen LogP contribution in [0.3, 0.4) is 0 Å². The number of nitrogens with one attached hydrogen (secondary N) is 1. The van der Waals surface area contributed by atoms with E-state index in [4.69, 9.17) is 11.5 Å². The van der Waals surface area contributed by atoms with E-state index in [9.17, 15) is 14.9 Å². The van der Waals surface area contributed by atoms with E-state index in [1.165, 1.54) is 0 Å². The molecular weight excluding hydrogens is 226 g/mol. The van der Waals surface area contributed by atoms with Gasteiger partial charge in [0.2, 0.25) is 0 Å². The minimum absolute atomic E-state index is 0.00350. The van der Waals surface area contributed by atoms with Crippen molar-refractivity contribution in [2.75, 3.05) is 18.4 Å². The Hall–Kier alpha value is -2.22. The number of amides is 1. The van der Waals surface area contributed by atoms with Crippen molar-refractivity contribution in [2.45, 2.75) is 6.42 Å². The van der Waals surface area contributed by atoms with Crippen LogP contribution in [0, 0.1) is 10.1 Å². The van der Waals surface area contributed by atoms with Gasteiger partial charge in [-0.3, -0.25) is 14.9 Å². The Morgan fingerprint density at radius 1 is 1.59 bits per heavy atom. The van der Waals surface area contributed by atoms with E-state index in [2.05, 4.69) is 10.3 Å². The molecule has 0 aromatic carbocycles. The lowest BCUT2D eigenvalue weighted by atomic mass is 10.2. The Morgan fingerprint density at radius 2 is 2.29 bits per heavy atom. The predicted molar refractivity (Wildman–Crippen MR) is 61.6 cm³/mol. The van der Waals surface area contributed by atoms with Crippen LogP contribution < -0.4 is 16.8 Å². The van der Waals surface area contributed by atoms with Crippen LogP contribution in [0.2, 0.25) is 0 Å². The van der Waals surface area contributed by atoms with Crippen LogP contribution in [0.25, 0.3) is 0 Å². The number of primary amides is 1. The molecule has 8 nitrogen and oxygen atoms in total. The van der Waals surface area contributed by atoms with E-state index in [1.807, 2.05) is 0 Å². The van der Waals surface area contributed by atoms with Crippen molar-refractivity contribution in [1.29, 1.82) is 0 Å². The van der Waals surface area contributed by atoms with E-state index in [0.717, 1.165) is 12.3 Å². The second kappa shape index (κ2) is 5.75. The molecule has 0 saturated heterocycles. The second-order valence-electron chi connectivity index (χ2n) is 3.28. The topological polar surface area (TPSA) is 137 Å². The molecule has 0 radical (unpaired) electrons. The summed E-state index contributed by atoms with van der Waals surface area (Å²) in [6.07, 6.45) is 1.76. The molecule has 8 heteroatoms. The van der Waals surface area contributed by atoms with Gasteiger partial charge in [0.1, 0.15) is 12.0 Å². The summed E-state index contributed by atoms with van der Waals surface area (Å²) < 4.78 is 0. The number of aromatic nitrogens is 1. The highest BCUT2D eigenvalue weighted by Gasteiger charge is 2.15. The van der Waals surface area contributed by atoms with Crippen molar-refractivity contribution < 1.29 is 9.72 Å². The van der Waals surface area contributed by atoms with Crippen LogP contribution in [-0.2, 0) is 0 Å². The Bertz CT molecular complexity index is 435. The molecule has 1 rings (SSSR count). The monoisotopic (exact) mass is 239 g/mol. The van der Waals surface area contributed by atoms with Crippen molar-refractivity contribution in [3.8, 4) is 0 Å². The number of anilines is 1. The molecule has 1 aromatic rings. The Kier molecular flexibility index (Phi) is 4.35. The molecule has 0 bridgehead atoms. The van der Waals surface area contributed by atoms with Crippen LogP contribution in [0.4, 0.5) is 11.5 Å². The van der Waals surface area contributed by atoms with Gasteiger partial charge in [-0.2, -0.15) is 0 Å². The molecule has 1 aromatic heterocycles. The molecule has 0 atom stereocenters. The summed E-state index contributed by atoms with van der Waals surface area (Å²) >= 11 is 0. The normalized spacial score (nSPS) is 9.94. The average molecular weight is 239 g/mol. The van der Waals surface area contributed by atoms with Gasteiger partial charge in [0, 0.05) is 12.6 Å². The number of carbonyl (C=O) groups excluding carboxylic acids is 1. The third-order valence-electron chi connectivity index (χ3n) is 2.02. The van der Waals surface area contributed by atoms with E-state index in [0.29, 0.717) is 19.5 Å².